The zero-order chi connectivity index (χ0) is 15.5. The van der Waals surface area contributed by atoms with Crippen LogP contribution in [0.4, 0.5) is 4.79 Å². The second-order valence-corrected chi connectivity index (χ2v) is 6.41. The van der Waals surface area contributed by atoms with Gasteiger partial charge in [0, 0.05) is 25.1 Å². The molecule has 2 rings (SSSR count). The van der Waals surface area contributed by atoms with Crippen molar-refractivity contribution in [2.75, 3.05) is 19.7 Å². The predicted molar refractivity (Wildman–Crippen MR) is 78.2 cm³/mol. The Morgan fingerprint density at radius 1 is 1.38 bits per heavy atom. The summed E-state index contributed by atoms with van der Waals surface area (Å²) in [6.07, 6.45) is 0.665. The lowest BCUT2D eigenvalue weighted by Crippen LogP contribution is -2.35. The minimum Gasteiger partial charge on any atom is -0.476 e. The van der Waals surface area contributed by atoms with Crippen molar-refractivity contribution in [3.8, 4) is 5.88 Å². The van der Waals surface area contributed by atoms with Gasteiger partial charge in [0.2, 0.25) is 5.88 Å². The van der Waals surface area contributed by atoms with Crippen molar-refractivity contribution >= 4 is 6.09 Å². The third kappa shape index (κ3) is 4.88. The average molecular weight is 293 g/mol. The van der Waals surface area contributed by atoms with Gasteiger partial charge in [-0.2, -0.15) is 5.10 Å². The van der Waals surface area contributed by atoms with Crippen LogP contribution in [0.5, 0.6) is 5.88 Å². The summed E-state index contributed by atoms with van der Waals surface area (Å²) in [5.74, 6) is 0.830. The van der Waals surface area contributed by atoms with E-state index in [9.17, 15) is 4.79 Å². The molecule has 0 N–H and O–H groups in total. The zero-order valence-corrected chi connectivity index (χ0v) is 13.1. The highest BCUT2D eigenvalue weighted by atomic mass is 16.6. The first-order valence-corrected chi connectivity index (χ1v) is 7.24. The molecule has 116 valence electrons. The molecule has 1 aromatic heterocycles. The van der Waals surface area contributed by atoms with Gasteiger partial charge < -0.3 is 14.4 Å². The number of amides is 1. The molecule has 6 heteroatoms. The number of nitrogens with zero attached hydrogens (tertiary/aromatic N) is 3. The molecule has 6 nitrogen and oxygen atoms in total. The SMILES string of the molecule is Cc1ccc(OC[C@@H]2CCN(C(=O)OC(C)(C)C)C2)nn1. The third-order valence-corrected chi connectivity index (χ3v) is 3.18. The van der Waals surface area contributed by atoms with Crippen LogP contribution in [0, 0.1) is 12.8 Å². The molecule has 0 spiro atoms. The Morgan fingerprint density at radius 3 is 2.76 bits per heavy atom. The standard InChI is InChI=1S/C15H23N3O3/c1-11-5-6-13(17-16-11)20-10-12-7-8-18(9-12)14(19)21-15(2,3)4/h5-6,12H,7-10H2,1-4H3/t12-/m1/s1. The maximum atomic E-state index is 12.0. The van der Waals surface area contributed by atoms with Gasteiger partial charge in [-0.1, -0.05) is 0 Å². The molecular formula is C15H23N3O3. The van der Waals surface area contributed by atoms with Crippen molar-refractivity contribution in [2.24, 2.45) is 5.92 Å². The van der Waals surface area contributed by atoms with Crippen molar-refractivity contribution in [1.82, 2.24) is 15.1 Å². The Balaban J connectivity index is 1.77. The van der Waals surface area contributed by atoms with Crippen molar-refractivity contribution in [3.05, 3.63) is 17.8 Å². The molecule has 0 saturated carbocycles. The van der Waals surface area contributed by atoms with Gasteiger partial charge in [-0.25, -0.2) is 4.79 Å². The molecule has 1 amide bonds. The predicted octanol–water partition coefficient (Wildman–Crippen LogP) is 2.42. The largest absolute Gasteiger partial charge is 0.476 e. The van der Waals surface area contributed by atoms with Crippen molar-refractivity contribution in [2.45, 2.75) is 39.7 Å². The number of likely N-dealkylation sites (tertiary alicyclic amines) is 1. The molecule has 0 unspecified atom stereocenters. The summed E-state index contributed by atoms with van der Waals surface area (Å²) < 4.78 is 11.0. The summed E-state index contributed by atoms with van der Waals surface area (Å²) in [6, 6.07) is 3.67. The molecule has 1 aliphatic rings. The van der Waals surface area contributed by atoms with E-state index in [1.54, 1.807) is 4.90 Å². The topological polar surface area (TPSA) is 64.5 Å². The lowest BCUT2D eigenvalue weighted by Gasteiger charge is -2.24. The summed E-state index contributed by atoms with van der Waals surface area (Å²) in [6.45, 7) is 9.41. The molecule has 0 bridgehead atoms. The summed E-state index contributed by atoms with van der Waals surface area (Å²) in [5, 5.41) is 7.91. The lowest BCUT2D eigenvalue weighted by molar-refractivity contribution is 0.0284. The molecule has 1 saturated heterocycles. The van der Waals surface area contributed by atoms with E-state index in [0.29, 0.717) is 31.5 Å². The molecule has 0 aliphatic carbocycles. The van der Waals surface area contributed by atoms with Crippen LogP contribution in [0.1, 0.15) is 32.9 Å². The third-order valence-electron chi connectivity index (χ3n) is 3.18. The molecule has 1 aliphatic heterocycles. The highest BCUT2D eigenvalue weighted by Crippen LogP contribution is 2.20. The van der Waals surface area contributed by atoms with Crippen molar-refractivity contribution < 1.29 is 14.3 Å². The van der Waals surface area contributed by atoms with Gasteiger partial charge in [0.1, 0.15) is 5.60 Å². The number of aryl methyl sites for hydroxylation is 1. The number of carbonyl (C=O) groups is 1. The summed E-state index contributed by atoms with van der Waals surface area (Å²) in [5.41, 5.74) is 0.405. The minimum atomic E-state index is -0.455. The van der Waals surface area contributed by atoms with E-state index in [0.717, 1.165) is 12.1 Å². The first-order valence-electron chi connectivity index (χ1n) is 7.24. The lowest BCUT2D eigenvalue weighted by atomic mass is 10.1. The smallest absolute Gasteiger partial charge is 0.410 e. The van der Waals surface area contributed by atoms with Crippen LogP contribution in [0.25, 0.3) is 0 Å². The highest BCUT2D eigenvalue weighted by Gasteiger charge is 2.30. The average Bonchev–Trinajstić information content (AvgIpc) is 2.85. The van der Waals surface area contributed by atoms with Crippen LogP contribution in [-0.2, 0) is 4.74 Å². The Hall–Kier alpha value is -1.85. The van der Waals surface area contributed by atoms with Gasteiger partial charge >= 0.3 is 6.09 Å². The number of ether oxygens (including phenoxy) is 2. The number of aromatic nitrogens is 2. The maximum Gasteiger partial charge on any atom is 0.410 e. The van der Waals surface area contributed by atoms with E-state index < -0.39 is 5.60 Å². The van der Waals surface area contributed by atoms with Crippen LogP contribution in [0.15, 0.2) is 12.1 Å². The van der Waals surface area contributed by atoms with E-state index in [1.165, 1.54) is 0 Å². The molecule has 0 aromatic carbocycles. The number of rotatable bonds is 3. The van der Waals surface area contributed by atoms with Crippen LogP contribution in [0.3, 0.4) is 0 Å². The fraction of sp³-hybridized carbons (Fsp3) is 0.667. The quantitative estimate of drug-likeness (QED) is 0.856. The fourth-order valence-electron chi connectivity index (χ4n) is 2.13. The van der Waals surface area contributed by atoms with Gasteiger partial charge in [-0.05, 0) is 40.2 Å². The summed E-state index contributed by atoms with van der Waals surface area (Å²) >= 11 is 0. The molecule has 1 atom stereocenters. The minimum absolute atomic E-state index is 0.250. The van der Waals surface area contributed by atoms with E-state index in [-0.39, 0.29) is 6.09 Å². The molecule has 0 radical (unpaired) electrons. The molecule has 1 fully saturated rings. The van der Waals surface area contributed by atoms with Gasteiger partial charge in [0.15, 0.2) is 0 Å². The molecule has 21 heavy (non-hydrogen) atoms. The Bertz CT molecular complexity index is 482. The number of hydrogen-bond donors (Lipinski definition) is 0. The van der Waals surface area contributed by atoms with Crippen molar-refractivity contribution in [1.29, 1.82) is 0 Å². The summed E-state index contributed by atoms with van der Waals surface area (Å²) in [7, 11) is 0. The molecular weight excluding hydrogens is 270 g/mol. The monoisotopic (exact) mass is 293 g/mol. The van der Waals surface area contributed by atoms with E-state index >= 15 is 0 Å². The van der Waals surface area contributed by atoms with E-state index in [1.807, 2.05) is 39.8 Å². The maximum absolute atomic E-state index is 12.0. The second kappa shape index (κ2) is 6.28. The van der Waals surface area contributed by atoms with Crippen LogP contribution in [0.2, 0.25) is 0 Å². The second-order valence-electron chi connectivity index (χ2n) is 6.41. The first-order chi connectivity index (χ1) is 9.83. The molecule has 2 heterocycles. The van der Waals surface area contributed by atoms with Gasteiger partial charge in [-0.15, -0.1) is 5.10 Å². The van der Waals surface area contributed by atoms with E-state index in [2.05, 4.69) is 10.2 Å². The zero-order valence-electron chi connectivity index (χ0n) is 13.1. The van der Waals surface area contributed by atoms with Crippen LogP contribution in [-0.4, -0.2) is 46.5 Å². The fourth-order valence-corrected chi connectivity index (χ4v) is 2.13. The van der Waals surface area contributed by atoms with Crippen molar-refractivity contribution in [3.63, 3.8) is 0 Å². The normalized spacial score (nSPS) is 18.7. The van der Waals surface area contributed by atoms with Gasteiger partial charge in [0.25, 0.3) is 0 Å². The first kappa shape index (κ1) is 15.5. The number of hydrogen-bond acceptors (Lipinski definition) is 5. The highest BCUT2D eigenvalue weighted by molar-refractivity contribution is 5.68. The Morgan fingerprint density at radius 2 is 2.14 bits per heavy atom. The van der Waals surface area contributed by atoms with Gasteiger partial charge in [-0.3, -0.25) is 0 Å². The molecule has 1 aromatic rings. The summed E-state index contributed by atoms with van der Waals surface area (Å²) in [4.78, 5) is 13.7. The van der Waals surface area contributed by atoms with Gasteiger partial charge in [0.05, 0.1) is 12.3 Å². The number of carbonyl (C=O) groups excluding carboxylic acids is 1. The van der Waals surface area contributed by atoms with Crippen LogP contribution < -0.4 is 4.74 Å². The Kier molecular flexibility index (Phi) is 4.65. The Labute approximate surface area is 125 Å². The van der Waals surface area contributed by atoms with E-state index in [4.69, 9.17) is 9.47 Å². The van der Waals surface area contributed by atoms with Crippen LogP contribution >= 0.6 is 0 Å².